The highest BCUT2D eigenvalue weighted by atomic mass is 16.5. The van der Waals surface area contributed by atoms with E-state index in [4.69, 9.17) is 24.4 Å². The average Bonchev–Trinajstić information content (AvgIpc) is 2.95. The highest BCUT2D eigenvalue weighted by Gasteiger charge is 2.17. The van der Waals surface area contributed by atoms with Gasteiger partial charge in [0, 0.05) is 5.56 Å². The molecule has 1 aromatic heterocycles. The predicted octanol–water partition coefficient (Wildman–Crippen LogP) is 2.39. The van der Waals surface area contributed by atoms with E-state index in [2.05, 4.69) is 4.98 Å². The van der Waals surface area contributed by atoms with Crippen LogP contribution >= 0.6 is 0 Å². The largest absolute Gasteiger partial charge is 0.493 e. The van der Waals surface area contributed by atoms with E-state index in [9.17, 15) is 0 Å². The van der Waals surface area contributed by atoms with Gasteiger partial charge < -0.3 is 24.4 Å². The highest BCUT2D eigenvalue weighted by Crippen LogP contribution is 2.41. The van der Waals surface area contributed by atoms with Gasteiger partial charge in [-0.15, -0.1) is 0 Å². The van der Waals surface area contributed by atoms with Crippen molar-refractivity contribution in [2.24, 2.45) is 5.73 Å². The maximum atomic E-state index is 5.74. The third-order valence-corrected chi connectivity index (χ3v) is 2.86. The van der Waals surface area contributed by atoms with Gasteiger partial charge in [0.05, 0.1) is 33.6 Å². The zero-order chi connectivity index (χ0) is 14.7. The fourth-order valence-corrected chi connectivity index (χ4v) is 1.85. The molecule has 2 rings (SSSR count). The van der Waals surface area contributed by atoms with Crippen molar-refractivity contribution >= 4 is 0 Å². The molecule has 6 heteroatoms. The van der Waals surface area contributed by atoms with Crippen LogP contribution in [0.5, 0.6) is 17.2 Å². The normalized spacial score (nSPS) is 12.1. The van der Waals surface area contributed by atoms with Gasteiger partial charge in [0.1, 0.15) is 0 Å². The number of oxazole rings is 1. The Morgan fingerprint density at radius 3 is 2.10 bits per heavy atom. The van der Waals surface area contributed by atoms with Crippen LogP contribution in [0.1, 0.15) is 18.9 Å². The fraction of sp³-hybridized carbons (Fsp3) is 0.357. The molecule has 1 unspecified atom stereocenters. The number of rotatable bonds is 5. The minimum Gasteiger partial charge on any atom is -0.493 e. The van der Waals surface area contributed by atoms with E-state index in [-0.39, 0.29) is 6.04 Å². The zero-order valence-electron chi connectivity index (χ0n) is 12.0. The van der Waals surface area contributed by atoms with Crippen LogP contribution in [-0.4, -0.2) is 26.3 Å². The van der Waals surface area contributed by atoms with Gasteiger partial charge in [-0.1, -0.05) is 0 Å². The maximum absolute atomic E-state index is 5.74. The van der Waals surface area contributed by atoms with E-state index in [1.807, 2.05) is 6.92 Å². The van der Waals surface area contributed by atoms with Crippen molar-refractivity contribution in [3.8, 4) is 28.6 Å². The Morgan fingerprint density at radius 2 is 1.70 bits per heavy atom. The van der Waals surface area contributed by atoms with Crippen LogP contribution in [0.25, 0.3) is 11.3 Å². The molecule has 6 nitrogen and oxygen atoms in total. The minimum absolute atomic E-state index is 0.259. The Morgan fingerprint density at radius 1 is 1.10 bits per heavy atom. The molecule has 1 heterocycles. The second kappa shape index (κ2) is 5.83. The Balaban J connectivity index is 2.50. The molecule has 108 valence electrons. The molecular weight excluding hydrogens is 260 g/mol. The molecule has 0 aliphatic heterocycles. The number of hydrogen-bond acceptors (Lipinski definition) is 6. The number of hydrogen-bond donors (Lipinski definition) is 1. The quantitative estimate of drug-likeness (QED) is 0.904. The SMILES string of the molecule is COc1cc(-c2cnc(C(C)N)o2)cc(OC)c1OC. The smallest absolute Gasteiger partial charge is 0.211 e. The highest BCUT2D eigenvalue weighted by molar-refractivity contribution is 5.67. The molecule has 0 spiro atoms. The first-order valence-corrected chi connectivity index (χ1v) is 6.12. The number of nitrogens with two attached hydrogens (primary N) is 1. The summed E-state index contributed by atoms with van der Waals surface area (Å²) in [7, 11) is 4.69. The first kappa shape index (κ1) is 14.2. The van der Waals surface area contributed by atoms with Crippen LogP contribution < -0.4 is 19.9 Å². The zero-order valence-corrected chi connectivity index (χ0v) is 12.0. The Hall–Kier alpha value is -2.21. The Labute approximate surface area is 117 Å². The first-order chi connectivity index (χ1) is 9.60. The Kier molecular flexibility index (Phi) is 4.14. The van der Waals surface area contributed by atoms with Crippen LogP contribution in [0.15, 0.2) is 22.7 Å². The lowest BCUT2D eigenvalue weighted by Gasteiger charge is -2.13. The number of aromatic nitrogens is 1. The molecule has 2 aromatic rings. The van der Waals surface area contributed by atoms with E-state index in [0.717, 1.165) is 5.56 Å². The molecule has 2 N–H and O–H groups in total. The summed E-state index contributed by atoms with van der Waals surface area (Å²) in [5.74, 6) is 2.72. The molecule has 0 amide bonds. The summed E-state index contributed by atoms with van der Waals surface area (Å²) < 4.78 is 21.5. The molecular formula is C14H18N2O4. The summed E-state index contributed by atoms with van der Waals surface area (Å²) in [6.45, 7) is 1.81. The van der Waals surface area contributed by atoms with E-state index in [1.54, 1.807) is 39.7 Å². The van der Waals surface area contributed by atoms with E-state index in [0.29, 0.717) is 28.9 Å². The fourth-order valence-electron chi connectivity index (χ4n) is 1.85. The summed E-state index contributed by atoms with van der Waals surface area (Å²) in [6.07, 6.45) is 1.62. The topological polar surface area (TPSA) is 79.7 Å². The maximum Gasteiger partial charge on any atom is 0.211 e. The molecule has 0 aliphatic carbocycles. The molecule has 1 aromatic carbocycles. The Bertz CT molecular complexity index is 568. The van der Waals surface area contributed by atoms with E-state index < -0.39 is 0 Å². The molecule has 0 saturated heterocycles. The molecule has 0 radical (unpaired) electrons. The molecule has 20 heavy (non-hydrogen) atoms. The van der Waals surface area contributed by atoms with Gasteiger partial charge in [-0.3, -0.25) is 0 Å². The molecule has 0 bridgehead atoms. The first-order valence-electron chi connectivity index (χ1n) is 6.12. The van der Waals surface area contributed by atoms with Gasteiger partial charge >= 0.3 is 0 Å². The monoisotopic (exact) mass is 278 g/mol. The second-order valence-electron chi connectivity index (χ2n) is 4.27. The van der Waals surface area contributed by atoms with Gasteiger partial charge in [-0.25, -0.2) is 4.98 Å². The summed E-state index contributed by atoms with van der Waals surface area (Å²) in [6, 6.07) is 3.34. The van der Waals surface area contributed by atoms with Crippen LogP contribution in [0.2, 0.25) is 0 Å². The summed E-state index contributed by atoms with van der Waals surface area (Å²) in [5, 5.41) is 0. The average molecular weight is 278 g/mol. The van der Waals surface area contributed by atoms with Crippen molar-refractivity contribution in [2.45, 2.75) is 13.0 Å². The molecule has 0 saturated carbocycles. The lowest BCUT2D eigenvalue weighted by molar-refractivity contribution is 0.324. The lowest BCUT2D eigenvalue weighted by Crippen LogP contribution is -2.04. The third-order valence-electron chi connectivity index (χ3n) is 2.86. The standard InChI is InChI=1S/C14H18N2O4/c1-8(15)14-16-7-12(20-14)9-5-10(17-2)13(19-4)11(6-9)18-3/h5-8H,15H2,1-4H3. The number of benzene rings is 1. The summed E-state index contributed by atoms with van der Waals surface area (Å²) in [5.41, 5.74) is 6.51. The molecule has 0 fully saturated rings. The second-order valence-corrected chi connectivity index (χ2v) is 4.27. The van der Waals surface area contributed by atoms with Crippen LogP contribution in [0.3, 0.4) is 0 Å². The van der Waals surface area contributed by atoms with Gasteiger partial charge in [0.15, 0.2) is 17.3 Å². The van der Waals surface area contributed by atoms with Crippen molar-refractivity contribution in [3.63, 3.8) is 0 Å². The van der Waals surface area contributed by atoms with Gasteiger partial charge in [-0.2, -0.15) is 0 Å². The summed E-state index contributed by atoms with van der Waals surface area (Å²) >= 11 is 0. The van der Waals surface area contributed by atoms with Crippen molar-refractivity contribution in [3.05, 3.63) is 24.2 Å². The van der Waals surface area contributed by atoms with Crippen LogP contribution in [0.4, 0.5) is 0 Å². The number of ether oxygens (including phenoxy) is 3. The predicted molar refractivity (Wildman–Crippen MR) is 74.2 cm³/mol. The minimum atomic E-state index is -0.259. The van der Waals surface area contributed by atoms with Gasteiger partial charge in [-0.05, 0) is 19.1 Å². The van der Waals surface area contributed by atoms with Crippen molar-refractivity contribution in [1.29, 1.82) is 0 Å². The van der Waals surface area contributed by atoms with E-state index >= 15 is 0 Å². The van der Waals surface area contributed by atoms with Crippen molar-refractivity contribution in [2.75, 3.05) is 21.3 Å². The molecule has 0 aliphatic rings. The van der Waals surface area contributed by atoms with Crippen LogP contribution in [0, 0.1) is 0 Å². The molecule has 1 atom stereocenters. The van der Waals surface area contributed by atoms with Gasteiger partial charge in [0.25, 0.3) is 0 Å². The third kappa shape index (κ3) is 2.55. The lowest BCUT2D eigenvalue weighted by atomic mass is 10.1. The number of methoxy groups -OCH3 is 3. The van der Waals surface area contributed by atoms with E-state index in [1.165, 1.54) is 0 Å². The van der Waals surface area contributed by atoms with Crippen molar-refractivity contribution in [1.82, 2.24) is 4.98 Å². The number of nitrogens with zero attached hydrogens (tertiary/aromatic N) is 1. The van der Waals surface area contributed by atoms with Crippen LogP contribution in [-0.2, 0) is 0 Å². The summed E-state index contributed by atoms with van der Waals surface area (Å²) in [4.78, 5) is 4.14. The van der Waals surface area contributed by atoms with Gasteiger partial charge in [0.2, 0.25) is 11.6 Å². The van der Waals surface area contributed by atoms with Crippen molar-refractivity contribution < 1.29 is 18.6 Å².